The van der Waals surface area contributed by atoms with Gasteiger partial charge in [-0.3, -0.25) is 23.8 Å². The Morgan fingerprint density at radius 3 is 2.81 bits per heavy atom. The summed E-state index contributed by atoms with van der Waals surface area (Å²) in [5.74, 6) is -1.21. The van der Waals surface area contributed by atoms with Crippen molar-refractivity contribution in [1.29, 1.82) is 0 Å². The van der Waals surface area contributed by atoms with Gasteiger partial charge < -0.3 is 5.73 Å². The highest BCUT2D eigenvalue weighted by Crippen LogP contribution is 1.98. The maximum Gasteiger partial charge on any atom is 0.307 e. The van der Waals surface area contributed by atoms with E-state index in [1.807, 2.05) is 5.48 Å². The van der Waals surface area contributed by atoms with Gasteiger partial charge in [-0.25, -0.2) is 5.48 Å². The molecule has 8 heteroatoms. The van der Waals surface area contributed by atoms with Gasteiger partial charge in [0.1, 0.15) is 6.54 Å². The number of hydrogen-bond donors (Lipinski definition) is 2. The first kappa shape index (κ1) is 12.4. The molecule has 16 heavy (non-hydrogen) atoms. The van der Waals surface area contributed by atoms with Crippen molar-refractivity contribution in [2.24, 2.45) is 5.73 Å². The highest BCUT2D eigenvalue weighted by Gasteiger charge is 2.08. The van der Waals surface area contributed by atoms with Crippen LogP contribution in [-0.2, 0) is 21.0 Å². The number of nitrogens with zero attached hydrogens (tertiary/aromatic N) is 1. The molecule has 0 saturated carbocycles. The average Bonchev–Trinajstić information content (AvgIpc) is 2.49. The maximum atomic E-state index is 11.3. The molecular weight excluding hydrogens is 234 g/mol. The SMILES string of the molecule is Cc1csc(=O)n1CC(=O)NOCC(N)=O. The summed E-state index contributed by atoms with van der Waals surface area (Å²) in [6.45, 7) is 1.17. The molecule has 1 rings (SSSR count). The predicted molar refractivity (Wildman–Crippen MR) is 56.6 cm³/mol. The van der Waals surface area contributed by atoms with Gasteiger partial charge in [-0.15, -0.1) is 0 Å². The zero-order valence-electron chi connectivity index (χ0n) is 8.56. The third kappa shape index (κ3) is 3.48. The van der Waals surface area contributed by atoms with Crippen molar-refractivity contribution < 1.29 is 14.4 Å². The normalized spacial score (nSPS) is 10.1. The average molecular weight is 245 g/mol. The van der Waals surface area contributed by atoms with Crippen LogP contribution in [0.4, 0.5) is 0 Å². The summed E-state index contributed by atoms with van der Waals surface area (Å²) in [6, 6.07) is 0. The van der Waals surface area contributed by atoms with Gasteiger partial charge in [-0.1, -0.05) is 11.3 Å². The monoisotopic (exact) mass is 245 g/mol. The lowest BCUT2D eigenvalue weighted by Gasteiger charge is -2.05. The van der Waals surface area contributed by atoms with E-state index in [-0.39, 0.29) is 11.4 Å². The number of amides is 2. The number of carbonyl (C=O) groups is 2. The highest BCUT2D eigenvalue weighted by atomic mass is 32.1. The Labute approximate surface area is 94.8 Å². The van der Waals surface area contributed by atoms with Crippen molar-refractivity contribution in [2.45, 2.75) is 13.5 Å². The van der Waals surface area contributed by atoms with Crippen LogP contribution in [0.1, 0.15) is 5.69 Å². The lowest BCUT2D eigenvalue weighted by atomic mass is 10.5. The van der Waals surface area contributed by atoms with Gasteiger partial charge in [0.05, 0.1) is 0 Å². The van der Waals surface area contributed by atoms with Crippen molar-refractivity contribution in [3.8, 4) is 0 Å². The number of hydroxylamine groups is 1. The smallest absolute Gasteiger partial charge is 0.307 e. The van der Waals surface area contributed by atoms with E-state index in [9.17, 15) is 14.4 Å². The Kier molecular flexibility index (Phi) is 4.20. The minimum absolute atomic E-state index is 0.146. The number of rotatable bonds is 5. The second kappa shape index (κ2) is 5.42. The first-order valence-electron chi connectivity index (χ1n) is 4.34. The minimum atomic E-state index is -0.691. The molecule has 0 atom stereocenters. The maximum absolute atomic E-state index is 11.3. The number of nitrogens with one attached hydrogen (secondary N) is 1. The number of aryl methyl sites for hydroxylation is 1. The fourth-order valence-corrected chi connectivity index (χ4v) is 1.69. The van der Waals surface area contributed by atoms with Crippen LogP contribution < -0.4 is 16.1 Å². The van der Waals surface area contributed by atoms with Crippen LogP contribution in [-0.4, -0.2) is 23.0 Å². The second-order valence-corrected chi connectivity index (χ2v) is 3.83. The molecule has 3 N–H and O–H groups in total. The summed E-state index contributed by atoms with van der Waals surface area (Å²) in [7, 11) is 0. The molecule has 0 radical (unpaired) electrons. The summed E-state index contributed by atoms with van der Waals surface area (Å²) >= 11 is 1.01. The van der Waals surface area contributed by atoms with Gasteiger partial charge in [0.25, 0.3) is 5.91 Å². The third-order valence-corrected chi connectivity index (χ3v) is 2.56. The van der Waals surface area contributed by atoms with Crippen LogP contribution in [0.15, 0.2) is 10.2 Å². The molecule has 0 aliphatic rings. The molecule has 0 unspecified atom stereocenters. The first-order chi connectivity index (χ1) is 7.50. The van der Waals surface area contributed by atoms with Crippen molar-refractivity contribution in [2.75, 3.05) is 6.61 Å². The van der Waals surface area contributed by atoms with E-state index in [1.165, 1.54) is 4.57 Å². The van der Waals surface area contributed by atoms with Crippen LogP contribution >= 0.6 is 11.3 Å². The van der Waals surface area contributed by atoms with Crippen LogP contribution in [0.2, 0.25) is 0 Å². The molecule has 0 aliphatic carbocycles. The summed E-state index contributed by atoms with van der Waals surface area (Å²) < 4.78 is 1.30. The Balaban J connectivity index is 2.46. The molecule has 0 saturated heterocycles. The molecule has 0 spiro atoms. The van der Waals surface area contributed by atoms with E-state index in [2.05, 4.69) is 4.84 Å². The van der Waals surface area contributed by atoms with Crippen molar-refractivity contribution in [1.82, 2.24) is 10.0 Å². The number of primary amides is 1. The van der Waals surface area contributed by atoms with E-state index < -0.39 is 18.4 Å². The highest BCUT2D eigenvalue weighted by molar-refractivity contribution is 7.07. The zero-order valence-corrected chi connectivity index (χ0v) is 9.37. The van der Waals surface area contributed by atoms with Gasteiger partial charge in [0.2, 0.25) is 5.91 Å². The molecule has 1 heterocycles. The molecule has 1 aromatic rings. The molecule has 0 fully saturated rings. The predicted octanol–water partition coefficient (Wildman–Crippen LogP) is -1.25. The number of hydrogen-bond acceptors (Lipinski definition) is 5. The van der Waals surface area contributed by atoms with Crippen LogP contribution in [0.25, 0.3) is 0 Å². The topological polar surface area (TPSA) is 103 Å². The van der Waals surface area contributed by atoms with Crippen LogP contribution in [0, 0.1) is 6.92 Å². The van der Waals surface area contributed by atoms with E-state index in [0.717, 1.165) is 11.3 Å². The molecular formula is C8H11N3O4S. The molecule has 2 amide bonds. The largest absolute Gasteiger partial charge is 0.368 e. The van der Waals surface area contributed by atoms with Gasteiger partial charge in [0.15, 0.2) is 6.61 Å². The van der Waals surface area contributed by atoms with E-state index in [1.54, 1.807) is 12.3 Å². The van der Waals surface area contributed by atoms with Gasteiger partial charge >= 0.3 is 4.87 Å². The first-order valence-corrected chi connectivity index (χ1v) is 5.22. The molecule has 0 aromatic carbocycles. The van der Waals surface area contributed by atoms with E-state index >= 15 is 0 Å². The number of aromatic nitrogens is 1. The third-order valence-electron chi connectivity index (χ3n) is 1.68. The van der Waals surface area contributed by atoms with Gasteiger partial charge in [0, 0.05) is 11.1 Å². The fourth-order valence-electron chi connectivity index (χ4n) is 0.960. The number of nitrogens with two attached hydrogens (primary N) is 1. The summed E-state index contributed by atoms with van der Waals surface area (Å²) in [5, 5.41) is 1.65. The number of thiazole rings is 1. The van der Waals surface area contributed by atoms with E-state index in [0.29, 0.717) is 5.69 Å². The Bertz CT molecular complexity index is 450. The van der Waals surface area contributed by atoms with Crippen LogP contribution in [0.5, 0.6) is 0 Å². The van der Waals surface area contributed by atoms with Crippen LogP contribution in [0.3, 0.4) is 0 Å². The summed E-state index contributed by atoms with van der Waals surface area (Å²) in [5.41, 5.74) is 7.50. The minimum Gasteiger partial charge on any atom is -0.368 e. The lowest BCUT2D eigenvalue weighted by Crippen LogP contribution is -2.33. The molecule has 1 aromatic heterocycles. The van der Waals surface area contributed by atoms with Crippen molar-refractivity contribution in [3.05, 3.63) is 20.7 Å². The Hall–Kier alpha value is -1.67. The standard InChI is InChI=1S/C8H11N3O4S/c1-5-4-16-8(14)11(5)2-7(13)10-15-3-6(9)12/h4H,2-3H2,1H3,(H2,9,12)(H,10,13). The molecule has 0 bridgehead atoms. The summed E-state index contributed by atoms with van der Waals surface area (Å²) in [6.07, 6.45) is 0. The Morgan fingerprint density at radius 2 is 2.31 bits per heavy atom. The second-order valence-electron chi connectivity index (χ2n) is 3.01. The molecule has 7 nitrogen and oxygen atoms in total. The van der Waals surface area contributed by atoms with Gasteiger partial charge in [-0.2, -0.15) is 0 Å². The fraction of sp³-hybridized carbons (Fsp3) is 0.375. The molecule has 88 valence electrons. The van der Waals surface area contributed by atoms with E-state index in [4.69, 9.17) is 5.73 Å². The molecule has 0 aliphatic heterocycles. The number of carbonyl (C=O) groups excluding carboxylic acids is 2. The Morgan fingerprint density at radius 1 is 1.62 bits per heavy atom. The summed E-state index contributed by atoms with van der Waals surface area (Å²) in [4.78, 5) is 37.1. The lowest BCUT2D eigenvalue weighted by molar-refractivity contribution is -0.138. The van der Waals surface area contributed by atoms with Crippen molar-refractivity contribution in [3.63, 3.8) is 0 Å². The van der Waals surface area contributed by atoms with Gasteiger partial charge in [-0.05, 0) is 6.92 Å². The van der Waals surface area contributed by atoms with Crippen molar-refractivity contribution >= 4 is 23.2 Å². The zero-order chi connectivity index (χ0) is 12.1. The quantitative estimate of drug-likeness (QED) is 0.632.